The summed E-state index contributed by atoms with van der Waals surface area (Å²) in [6.45, 7) is 6.25. The largest absolute Gasteiger partial charge is 0.494 e. The third kappa shape index (κ3) is 4.47. The molecule has 1 amide bonds. The fourth-order valence-electron chi connectivity index (χ4n) is 2.29. The summed E-state index contributed by atoms with van der Waals surface area (Å²) in [6, 6.07) is 9.48. The maximum Gasteiger partial charge on any atom is 0.273 e. The number of carbonyl (C=O) groups is 1. The van der Waals surface area contributed by atoms with Crippen LogP contribution >= 0.6 is 0 Å². The van der Waals surface area contributed by atoms with E-state index in [1.54, 1.807) is 37.3 Å². The minimum Gasteiger partial charge on any atom is -0.494 e. The summed E-state index contributed by atoms with van der Waals surface area (Å²) in [5.74, 6) is 0.634. The molecule has 0 aliphatic rings. The van der Waals surface area contributed by atoms with Crippen LogP contribution in [0.1, 0.15) is 29.8 Å². The summed E-state index contributed by atoms with van der Waals surface area (Å²) in [4.78, 5) is 23.0. The van der Waals surface area contributed by atoms with Crippen molar-refractivity contribution in [1.29, 1.82) is 0 Å². The van der Waals surface area contributed by atoms with Gasteiger partial charge in [0, 0.05) is 23.3 Å². The van der Waals surface area contributed by atoms with E-state index < -0.39 is 10.8 Å². The van der Waals surface area contributed by atoms with E-state index in [1.165, 1.54) is 6.07 Å². The number of nitrogens with one attached hydrogen (secondary N) is 1. The molecule has 0 aliphatic heterocycles. The van der Waals surface area contributed by atoms with Crippen LogP contribution in [0.4, 0.5) is 11.4 Å². The topological polar surface area (TPSA) is 90.7 Å². The van der Waals surface area contributed by atoms with E-state index >= 15 is 0 Å². The average Bonchev–Trinajstić information content (AvgIpc) is 2.57. The highest BCUT2D eigenvalue weighted by Crippen LogP contribution is 2.30. The molecule has 132 valence electrons. The van der Waals surface area contributed by atoms with Gasteiger partial charge in [0.15, 0.2) is 0 Å². The van der Waals surface area contributed by atoms with Crippen molar-refractivity contribution in [1.82, 2.24) is 0 Å². The van der Waals surface area contributed by atoms with Gasteiger partial charge in [0.05, 0.1) is 23.8 Å². The molecule has 0 saturated carbocycles. The van der Waals surface area contributed by atoms with E-state index in [-0.39, 0.29) is 11.3 Å². The van der Waals surface area contributed by atoms with E-state index in [1.807, 2.05) is 13.8 Å². The van der Waals surface area contributed by atoms with E-state index in [9.17, 15) is 14.9 Å². The van der Waals surface area contributed by atoms with E-state index in [0.717, 1.165) is 0 Å². The van der Waals surface area contributed by atoms with Gasteiger partial charge in [-0.05, 0) is 39.0 Å². The van der Waals surface area contributed by atoms with Gasteiger partial charge in [-0.2, -0.15) is 0 Å². The van der Waals surface area contributed by atoms with E-state index in [2.05, 4.69) is 5.32 Å². The van der Waals surface area contributed by atoms with Gasteiger partial charge < -0.3 is 14.8 Å². The number of hydrogen-bond donors (Lipinski definition) is 1. The van der Waals surface area contributed by atoms with Gasteiger partial charge >= 0.3 is 0 Å². The van der Waals surface area contributed by atoms with Crippen LogP contribution in [0.3, 0.4) is 0 Å². The molecule has 7 nitrogen and oxygen atoms in total. The molecule has 7 heteroatoms. The highest BCUT2D eigenvalue weighted by molar-refractivity contribution is 6.05. The zero-order chi connectivity index (χ0) is 18.4. The van der Waals surface area contributed by atoms with Crippen LogP contribution in [0, 0.1) is 17.0 Å². The van der Waals surface area contributed by atoms with Gasteiger partial charge in [-0.15, -0.1) is 0 Å². The lowest BCUT2D eigenvalue weighted by Crippen LogP contribution is -2.13. The van der Waals surface area contributed by atoms with Gasteiger partial charge in [-0.3, -0.25) is 14.9 Å². The van der Waals surface area contributed by atoms with Crippen LogP contribution in [0.25, 0.3) is 0 Å². The zero-order valence-electron chi connectivity index (χ0n) is 14.4. The Balaban J connectivity index is 2.31. The lowest BCUT2D eigenvalue weighted by atomic mass is 10.1. The van der Waals surface area contributed by atoms with Gasteiger partial charge in [-0.25, -0.2) is 0 Å². The molecule has 2 aromatic rings. The molecule has 0 atom stereocenters. The lowest BCUT2D eigenvalue weighted by Gasteiger charge is -2.13. The molecule has 0 aliphatic carbocycles. The molecule has 1 N–H and O–H groups in total. The van der Waals surface area contributed by atoms with Crippen molar-refractivity contribution in [2.45, 2.75) is 20.8 Å². The Kier molecular flexibility index (Phi) is 5.94. The summed E-state index contributed by atoms with van der Waals surface area (Å²) < 4.78 is 10.9. The van der Waals surface area contributed by atoms with Crippen molar-refractivity contribution in [2.24, 2.45) is 0 Å². The van der Waals surface area contributed by atoms with Gasteiger partial charge in [-0.1, -0.05) is 6.07 Å². The molecule has 0 heterocycles. The minimum atomic E-state index is -0.507. The van der Waals surface area contributed by atoms with Crippen LogP contribution in [-0.4, -0.2) is 24.0 Å². The van der Waals surface area contributed by atoms with Crippen LogP contribution in [0.2, 0.25) is 0 Å². The second-order valence-corrected chi connectivity index (χ2v) is 5.24. The Morgan fingerprint density at radius 3 is 2.48 bits per heavy atom. The van der Waals surface area contributed by atoms with Crippen LogP contribution < -0.4 is 14.8 Å². The third-order valence-corrected chi connectivity index (χ3v) is 3.48. The number of nitrogens with zero attached hydrogens (tertiary/aromatic N) is 1. The maximum absolute atomic E-state index is 12.5. The van der Waals surface area contributed by atoms with E-state index in [0.29, 0.717) is 36.0 Å². The fraction of sp³-hybridized carbons (Fsp3) is 0.278. The van der Waals surface area contributed by atoms with Gasteiger partial charge in [0.25, 0.3) is 11.6 Å². The van der Waals surface area contributed by atoms with Crippen LogP contribution in [0.5, 0.6) is 11.5 Å². The summed E-state index contributed by atoms with van der Waals surface area (Å²) in [6.07, 6.45) is 0. The number of aryl methyl sites for hydroxylation is 1. The molecule has 2 rings (SSSR count). The van der Waals surface area contributed by atoms with Crippen molar-refractivity contribution in [2.75, 3.05) is 18.5 Å². The van der Waals surface area contributed by atoms with Crippen molar-refractivity contribution >= 4 is 17.3 Å². The molecule has 0 radical (unpaired) electrons. The van der Waals surface area contributed by atoms with Crippen LogP contribution in [0.15, 0.2) is 36.4 Å². The number of nitro groups is 1. The predicted molar refractivity (Wildman–Crippen MR) is 94.6 cm³/mol. The highest BCUT2D eigenvalue weighted by atomic mass is 16.6. The number of ether oxygens (including phenoxy) is 2. The first kappa shape index (κ1) is 18.3. The average molecular weight is 344 g/mol. The number of rotatable bonds is 7. The van der Waals surface area contributed by atoms with Crippen LogP contribution in [-0.2, 0) is 0 Å². The standard InChI is InChI=1S/C18H20N2O5/c1-4-24-14-8-9-17(25-5-2)15(11-14)19-18(21)13-7-6-12(3)16(10-13)20(22)23/h6-11H,4-5H2,1-3H3,(H,19,21). The Morgan fingerprint density at radius 2 is 1.84 bits per heavy atom. The molecule has 0 bridgehead atoms. The lowest BCUT2D eigenvalue weighted by molar-refractivity contribution is -0.385. The van der Waals surface area contributed by atoms with Crippen molar-refractivity contribution < 1.29 is 19.2 Å². The highest BCUT2D eigenvalue weighted by Gasteiger charge is 2.16. The first-order valence-corrected chi connectivity index (χ1v) is 7.92. The molecular weight excluding hydrogens is 324 g/mol. The number of hydrogen-bond acceptors (Lipinski definition) is 5. The third-order valence-electron chi connectivity index (χ3n) is 3.48. The molecule has 0 aromatic heterocycles. The van der Waals surface area contributed by atoms with Crippen molar-refractivity contribution in [3.63, 3.8) is 0 Å². The summed E-state index contributed by atoms with van der Waals surface area (Å²) in [5, 5.41) is 13.8. The number of benzene rings is 2. The summed E-state index contributed by atoms with van der Waals surface area (Å²) >= 11 is 0. The summed E-state index contributed by atoms with van der Waals surface area (Å²) in [7, 11) is 0. The normalized spacial score (nSPS) is 10.2. The molecule has 25 heavy (non-hydrogen) atoms. The smallest absolute Gasteiger partial charge is 0.273 e. The zero-order valence-corrected chi connectivity index (χ0v) is 14.4. The van der Waals surface area contributed by atoms with Gasteiger partial charge in [0.2, 0.25) is 0 Å². The fourth-order valence-corrected chi connectivity index (χ4v) is 2.29. The molecule has 0 fully saturated rings. The molecular formula is C18H20N2O5. The maximum atomic E-state index is 12.5. The van der Waals surface area contributed by atoms with Crippen molar-refractivity contribution in [3.8, 4) is 11.5 Å². The molecule has 0 spiro atoms. The monoisotopic (exact) mass is 344 g/mol. The number of anilines is 1. The Hall–Kier alpha value is -3.09. The Bertz CT molecular complexity index is 789. The Labute approximate surface area is 145 Å². The SMILES string of the molecule is CCOc1ccc(OCC)c(NC(=O)c2ccc(C)c([N+](=O)[O-])c2)c1. The molecule has 2 aromatic carbocycles. The number of amides is 1. The second-order valence-electron chi connectivity index (χ2n) is 5.24. The second kappa shape index (κ2) is 8.14. The minimum absolute atomic E-state index is 0.0965. The van der Waals surface area contributed by atoms with E-state index in [4.69, 9.17) is 9.47 Å². The number of carbonyl (C=O) groups excluding carboxylic acids is 1. The quantitative estimate of drug-likeness (QED) is 0.606. The summed E-state index contributed by atoms with van der Waals surface area (Å²) in [5.41, 5.74) is 1.04. The first-order chi connectivity index (χ1) is 12.0. The predicted octanol–water partition coefficient (Wildman–Crippen LogP) is 3.95. The molecule has 0 unspecified atom stereocenters. The Morgan fingerprint density at radius 1 is 1.12 bits per heavy atom. The number of nitro benzene ring substituents is 1. The van der Waals surface area contributed by atoms with Crippen molar-refractivity contribution in [3.05, 3.63) is 57.6 Å². The molecule has 0 saturated heterocycles. The van der Waals surface area contributed by atoms with Gasteiger partial charge in [0.1, 0.15) is 11.5 Å². The first-order valence-electron chi connectivity index (χ1n) is 7.92.